The summed E-state index contributed by atoms with van der Waals surface area (Å²) < 4.78 is 0. The van der Waals surface area contributed by atoms with Gasteiger partial charge in [0.05, 0.1) is 57.1 Å². The topological polar surface area (TPSA) is 106 Å². The Labute approximate surface area is 618 Å². The first kappa shape index (κ1) is 65.3. The van der Waals surface area contributed by atoms with Crippen LogP contribution in [0.2, 0.25) is 0 Å². The van der Waals surface area contributed by atoms with E-state index in [0.717, 1.165) is 179 Å². The minimum Gasteiger partial charge on any atom is -0.354 e. The van der Waals surface area contributed by atoms with E-state index in [4.69, 9.17) is 30.0 Å². The highest BCUT2D eigenvalue weighted by molar-refractivity contribution is 6.36. The van der Waals surface area contributed by atoms with Crippen molar-refractivity contribution >= 4 is 78.9 Å². The van der Waals surface area contributed by atoms with Gasteiger partial charge in [-0.25, -0.2) is 20.0 Å². The van der Waals surface area contributed by atoms with Gasteiger partial charge in [0.25, 0.3) is 0 Å². The molecule has 510 valence electrons. The number of benzene rings is 8. The summed E-state index contributed by atoms with van der Waals surface area (Å²) in [5, 5.41) is 3.82. The van der Waals surface area contributed by atoms with Crippen molar-refractivity contribution in [1.82, 2.24) is 9.97 Å². The van der Waals surface area contributed by atoms with Crippen LogP contribution in [0.25, 0.3) is 44.6 Å². The molecule has 0 amide bonds. The third-order valence-corrected chi connectivity index (χ3v) is 21.7. The summed E-state index contributed by atoms with van der Waals surface area (Å²) in [4.78, 5) is 43.0. The molecule has 8 heteroatoms. The number of aromatic amines is 2. The predicted octanol–water partition coefficient (Wildman–Crippen LogP) is 18.7. The van der Waals surface area contributed by atoms with Crippen molar-refractivity contribution in [3.63, 3.8) is 0 Å². The second-order valence-corrected chi connectivity index (χ2v) is 29.2. The fourth-order valence-corrected chi connectivity index (χ4v) is 16.0. The van der Waals surface area contributed by atoms with Gasteiger partial charge in [0.1, 0.15) is 0 Å². The molecular weight excluding hydrogens is 1290 g/mol. The minimum absolute atomic E-state index is 0.313. The van der Waals surface area contributed by atoms with Gasteiger partial charge in [-0.05, 0) is 197 Å². The van der Waals surface area contributed by atoms with Crippen molar-refractivity contribution in [3.05, 3.63) is 424 Å². The number of hydrogen-bond donors (Lipinski definition) is 2. The Kier molecular flexibility index (Phi) is 16.5. The molecule has 0 saturated carbocycles. The number of H-pyrrole nitrogens is 2. The van der Waals surface area contributed by atoms with Crippen LogP contribution >= 0.6 is 0 Å². The lowest BCUT2D eigenvalue weighted by molar-refractivity contribution is 0.625. The third kappa shape index (κ3) is 12.1. The molecule has 10 aromatic rings. The van der Waals surface area contributed by atoms with Gasteiger partial charge in [0, 0.05) is 90.2 Å². The molecule has 8 nitrogen and oxygen atoms in total. The molecule has 0 radical (unpaired) electrons. The van der Waals surface area contributed by atoms with E-state index in [0.29, 0.717) is 12.8 Å². The maximum Gasteiger partial charge on any atom is 0.0737 e. The Hall–Kier alpha value is -12.8. The summed E-state index contributed by atoms with van der Waals surface area (Å²) in [7, 11) is 0. The molecule has 0 fully saturated rings. The number of rotatable bonds is 11. The third-order valence-electron chi connectivity index (χ3n) is 21.7. The van der Waals surface area contributed by atoms with Gasteiger partial charge < -0.3 is 9.97 Å². The molecule has 8 aliphatic heterocycles. The summed E-state index contributed by atoms with van der Waals surface area (Å²) in [5.74, 6) is -0.626. The number of aromatic nitrogens is 2. The fraction of sp³-hybridized carbons (Fsp3) is 0.122. The zero-order valence-electron chi connectivity index (χ0n) is 60.8. The van der Waals surface area contributed by atoms with Gasteiger partial charge in [-0.2, -0.15) is 0 Å². The number of aliphatic imine (C=N–C) groups is 6. The predicted molar refractivity (Wildman–Crippen MR) is 441 cm³/mol. The monoisotopic (exact) mass is 1370 g/mol. The van der Waals surface area contributed by atoms with E-state index in [9.17, 15) is 0 Å². The maximum atomic E-state index is 5.85. The van der Waals surface area contributed by atoms with E-state index < -0.39 is 0 Å². The van der Waals surface area contributed by atoms with Crippen molar-refractivity contribution in [1.29, 1.82) is 0 Å². The standard InChI is InChI=1S/C98H78N8/c1-57-9-25-65(26-10-57)89-75-55-99-97(95(71-37-21-63(7)22-38-71)87-53-51-85(105-87)93(69-33-17-61(5)18-34-69)83-49-47-81(103-83)91(79-45-43-77(89)101-79)67-29-13-59(3)14-30-67)73(75)41-42-74-76-56-100-98(74)96(72-39-23-64(8)24-40-72)88-54-52-86(106-88)94(70-35-19-62(6)20-36-70)84-50-48-82(104-84)92(68-31-15-60(4)16-32-68)80-46-44-78(102-80)90(76)66-27-11-58(2)12-28-66/h9-40,43-56,73-74,103-104H,41-42H2,1-8H3. The lowest BCUT2D eigenvalue weighted by atomic mass is 9.75. The smallest absolute Gasteiger partial charge is 0.0737 e. The van der Waals surface area contributed by atoms with Crippen LogP contribution in [0.1, 0.15) is 102 Å². The van der Waals surface area contributed by atoms with Crippen LogP contribution in [0.5, 0.6) is 0 Å². The highest BCUT2D eigenvalue weighted by Gasteiger charge is 2.40. The second-order valence-electron chi connectivity index (χ2n) is 29.2. The summed E-state index contributed by atoms with van der Waals surface area (Å²) in [6.45, 7) is 17.2. The Morgan fingerprint density at radius 2 is 0.425 bits per heavy atom. The Morgan fingerprint density at radius 3 is 0.651 bits per heavy atom. The van der Waals surface area contributed by atoms with Gasteiger partial charge >= 0.3 is 0 Å². The molecular formula is C98H78N8. The van der Waals surface area contributed by atoms with E-state index in [1.807, 2.05) is 0 Å². The van der Waals surface area contributed by atoms with Gasteiger partial charge in [-0.15, -0.1) is 0 Å². The number of nitrogens with one attached hydrogen (secondary N) is 2. The number of fused-ring (bicyclic) bond motifs is 12. The Morgan fingerprint density at radius 1 is 0.226 bits per heavy atom. The van der Waals surface area contributed by atoms with E-state index in [2.05, 4.69) is 345 Å². The summed E-state index contributed by atoms with van der Waals surface area (Å²) in [5.41, 5.74) is 36.8. The molecule has 2 atom stereocenters. The highest BCUT2D eigenvalue weighted by atomic mass is 14.9. The Balaban J connectivity index is 0.894. The molecule has 18 rings (SSSR count). The van der Waals surface area contributed by atoms with E-state index >= 15 is 0 Å². The molecule has 0 aliphatic carbocycles. The number of hydrogen-bond acceptors (Lipinski definition) is 6. The van der Waals surface area contributed by atoms with Crippen molar-refractivity contribution in [2.24, 2.45) is 41.8 Å². The molecule has 16 bridgehead atoms. The molecule has 8 aromatic carbocycles. The summed E-state index contributed by atoms with van der Waals surface area (Å²) in [6.07, 6.45) is 23.3. The van der Waals surface area contributed by atoms with Crippen LogP contribution in [-0.2, 0) is 0 Å². The van der Waals surface area contributed by atoms with Crippen LogP contribution in [0.3, 0.4) is 0 Å². The number of aryl methyl sites for hydroxylation is 8. The van der Waals surface area contributed by atoms with E-state index in [-0.39, 0.29) is 11.8 Å². The normalized spacial score (nSPS) is 18.0. The number of allylic oxidation sites excluding steroid dienone is 14. The van der Waals surface area contributed by atoms with Gasteiger partial charge in [-0.3, -0.25) is 9.98 Å². The maximum absolute atomic E-state index is 5.85. The lowest BCUT2D eigenvalue weighted by Gasteiger charge is -2.27. The van der Waals surface area contributed by atoms with E-state index in [1.165, 1.54) is 44.5 Å². The largest absolute Gasteiger partial charge is 0.354 e. The minimum atomic E-state index is -0.313. The van der Waals surface area contributed by atoms with Gasteiger partial charge in [-0.1, -0.05) is 239 Å². The van der Waals surface area contributed by atoms with Crippen LogP contribution in [0.4, 0.5) is 0 Å². The zero-order valence-corrected chi connectivity index (χ0v) is 60.8. The molecule has 10 heterocycles. The molecule has 8 aliphatic rings. The van der Waals surface area contributed by atoms with Crippen molar-refractivity contribution in [2.45, 2.75) is 68.2 Å². The molecule has 2 N–H and O–H groups in total. The van der Waals surface area contributed by atoms with Crippen LogP contribution in [-0.4, -0.2) is 44.2 Å². The second kappa shape index (κ2) is 26.8. The summed E-state index contributed by atoms with van der Waals surface area (Å²) >= 11 is 0. The quantitative estimate of drug-likeness (QED) is 0.129. The van der Waals surface area contributed by atoms with Gasteiger partial charge in [0.15, 0.2) is 0 Å². The molecule has 0 spiro atoms. The van der Waals surface area contributed by atoms with Crippen molar-refractivity contribution < 1.29 is 0 Å². The van der Waals surface area contributed by atoms with Crippen molar-refractivity contribution in [3.8, 4) is 0 Å². The first-order valence-corrected chi connectivity index (χ1v) is 36.8. The highest BCUT2D eigenvalue weighted by Crippen LogP contribution is 2.49. The summed E-state index contributed by atoms with van der Waals surface area (Å²) in [6, 6.07) is 79.9. The lowest BCUT2D eigenvalue weighted by Crippen LogP contribution is -2.23. The van der Waals surface area contributed by atoms with Crippen LogP contribution < -0.4 is 21.4 Å². The fourth-order valence-electron chi connectivity index (χ4n) is 16.0. The van der Waals surface area contributed by atoms with Crippen LogP contribution in [0, 0.1) is 67.2 Å². The molecule has 0 saturated heterocycles. The first-order chi connectivity index (χ1) is 51.8. The molecule has 106 heavy (non-hydrogen) atoms. The molecule has 2 unspecified atom stereocenters. The Bertz CT molecular complexity index is 5440. The average Bonchev–Trinajstić information content (AvgIpc) is 1.59. The number of nitrogens with zero attached hydrogens (tertiary/aromatic N) is 6. The van der Waals surface area contributed by atoms with E-state index in [1.54, 1.807) is 0 Å². The van der Waals surface area contributed by atoms with Crippen LogP contribution in [0.15, 0.2) is 343 Å². The molecule has 2 aromatic heterocycles. The average molecular weight is 1370 g/mol. The zero-order chi connectivity index (χ0) is 71.8. The SMILES string of the molecule is Cc1ccc(C2=C3C=CC(=N3)C(c3ccc(C)cc3)=c3ccc([nH]3)=C(c3ccc(C)cc3)C3=NC(=C(c4ccc(C)cc4)C4=NC=C2C4CCC2C4=CN=C2C(c2ccc(C)cc2)=C2C=CC(=N2)C(c2ccc(C)cc2)=c2ccc([nH]2)=C(c2ccc(C)cc2)C2=NC(=C4c4ccc(C)cc4)C=C2)C=C3)cc1. The first-order valence-electron chi connectivity index (χ1n) is 36.8. The van der Waals surface area contributed by atoms with Crippen molar-refractivity contribution in [2.75, 3.05) is 0 Å². The van der Waals surface area contributed by atoms with Gasteiger partial charge in [0.2, 0.25) is 0 Å².